The largest absolute Gasteiger partial charge is 0.493 e. The average molecular weight is 513 g/mol. The fraction of sp³-hybridized carbons (Fsp3) is 0.391. The fourth-order valence-electron chi connectivity index (χ4n) is 3.54. The summed E-state index contributed by atoms with van der Waals surface area (Å²) in [6.45, 7) is 1.00. The Labute approximate surface area is 207 Å². The lowest BCUT2D eigenvalue weighted by Crippen LogP contribution is -2.48. The number of thioether (sulfide) groups is 1. The van der Waals surface area contributed by atoms with Gasteiger partial charge in [-0.2, -0.15) is 0 Å². The summed E-state index contributed by atoms with van der Waals surface area (Å²) >= 11 is 13.7. The van der Waals surface area contributed by atoms with Gasteiger partial charge >= 0.3 is 0 Å². The summed E-state index contributed by atoms with van der Waals surface area (Å²) in [4.78, 5) is 28.2. The molecule has 3 rings (SSSR count). The van der Waals surface area contributed by atoms with E-state index >= 15 is 0 Å². The highest BCUT2D eigenvalue weighted by Gasteiger charge is 2.42. The molecule has 7 nitrogen and oxygen atoms in total. The smallest absolute Gasteiger partial charge is 0.255 e. The number of amides is 2. The van der Waals surface area contributed by atoms with Crippen molar-refractivity contribution in [2.45, 2.75) is 17.8 Å². The van der Waals surface area contributed by atoms with Crippen molar-refractivity contribution in [3.8, 4) is 11.5 Å². The van der Waals surface area contributed by atoms with Crippen LogP contribution in [0.25, 0.3) is 0 Å². The Hall–Kier alpha value is -2.13. The molecule has 1 aliphatic heterocycles. The van der Waals surface area contributed by atoms with Gasteiger partial charge in [0.25, 0.3) is 5.91 Å². The molecule has 0 bridgehead atoms. The third kappa shape index (κ3) is 5.87. The van der Waals surface area contributed by atoms with Crippen LogP contribution in [0.4, 0.5) is 0 Å². The molecule has 2 atom stereocenters. The Morgan fingerprint density at radius 3 is 2.48 bits per heavy atom. The molecule has 1 saturated heterocycles. The van der Waals surface area contributed by atoms with E-state index < -0.39 is 11.4 Å². The first kappa shape index (κ1) is 25.5. The van der Waals surface area contributed by atoms with Gasteiger partial charge in [0.1, 0.15) is 11.4 Å². The van der Waals surface area contributed by atoms with E-state index in [-0.39, 0.29) is 16.8 Å². The van der Waals surface area contributed by atoms with E-state index in [1.807, 2.05) is 12.1 Å². The Bertz CT molecular complexity index is 1010. The number of carbonyl (C=O) groups is 2. The molecule has 0 radical (unpaired) electrons. The molecule has 10 heteroatoms. The Balaban J connectivity index is 1.94. The number of nitrogens with zero attached hydrogens (tertiary/aromatic N) is 1. The molecule has 2 unspecified atom stereocenters. The molecule has 0 aliphatic carbocycles. The van der Waals surface area contributed by atoms with Gasteiger partial charge in [-0.25, -0.2) is 0 Å². The van der Waals surface area contributed by atoms with E-state index in [1.165, 1.54) is 17.8 Å². The summed E-state index contributed by atoms with van der Waals surface area (Å²) < 4.78 is 15.8. The third-order valence-corrected chi connectivity index (χ3v) is 7.28. The van der Waals surface area contributed by atoms with Crippen LogP contribution in [0.3, 0.4) is 0 Å². The lowest BCUT2D eigenvalue weighted by atomic mass is 10.1. The van der Waals surface area contributed by atoms with Crippen LogP contribution >= 0.6 is 35.0 Å². The molecule has 33 heavy (non-hydrogen) atoms. The summed E-state index contributed by atoms with van der Waals surface area (Å²) in [7, 11) is 4.73. The first-order chi connectivity index (χ1) is 15.9. The van der Waals surface area contributed by atoms with Crippen molar-refractivity contribution < 1.29 is 23.8 Å². The van der Waals surface area contributed by atoms with Crippen molar-refractivity contribution in [1.29, 1.82) is 0 Å². The average Bonchev–Trinajstić information content (AvgIpc) is 3.27. The molecule has 2 aromatic rings. The van der Waals surface area contributed by atoms with Gasteiger partial charge in [0, 0.05) is 31.6 Å². The molecular formula is C23H26Cl2N2O5S. The minimum Gasteiger partial charge on any atom is -0.493 e. The highest BCUT2D eigenvalue weighted by atomic mass is 35.5. The zero-order valence-electron chi connectivity index (χ0n) is 18.6. The zero-order valence-corrected chi connectivity index (χ0v) is 20.9. The number of halogens is 2. The quantitative estimate of drug-likeness (QED) is 0.501. The van der Waals surface area contributed by atoms with Gasteiger partial charge in [-0.15, -0.1) is 11.8 Å². The van der Waals surface area contributed by atoms with Crippen molar-refractivity contribution in [2.75, 3.05) is 40.2 Å². The van der Waals surface area contributed by atoms with E-state index in [1.54, 1.807) is 44.4 Å². The molecule has 1 N–H and O–H groups in total. The van der Waals surface area contributed by atoms with E-state index in [2.05, 4.69) is 5.32 Å². The Morgan fingerprint density at radius 2 is 1.82 bits per heavy atom. The van der Waals surface area contributed by atoms with Crippen LogP contribution in [0.2, 0.25) is 10.0 Å². The van der Waals surface area contributed by atoms with Gasteiger partial charge in [0.05, 0.1) is 24.3 Å². The van der Waals surface area contributed by atoms with Crippen molar-refractivity contribution in [3.63, 3.8) is 0 Å². The lowest BCUT2D eigenvalue weighted by Gasteiger charge is -2.29. The minimum absolute atomic E-state index is 0.213. The maximum absolute atomic E-state index is 13.6. The second-order valence-electron chi connectivity index (χ2n) is 7.29. The van der Waals surface area contributed by atoms with Crippen LogP contribution < -0.4 is 14.8 Å². The number of ether oxygens (including phenoxy) is 3. The van der Waals surface area contributed by atoms with Gasteiger partial charge in [0.15, 0.2) is 11.5 Å². The van der Waals surface area contributed by atoms with Gasteiger partial charge in [-0.3, -0.25) is 9.59 Å². The molecule has 1 heterocycles. The topological polar surface area (TPSA) is 77.1 Å². The van der Waals surface area contributed by atoms with E-state index in [0.29, 0.717) is 47.4 Å². The van der Waals surface area contributed by atoms with Crippen molar-refractivity contribution in [1.82, 2.24) is 10.2 Å². The summed E-state index contributed by atoms with van der Waals surface area (Å²) in [6, 6.07) is 9.53. The predicted molar refractivity (Wildman–Crippen MR) is 131 cm³/mol. The number of carbonyl (C=O) groups excluding carboxylic acids is 2. The fourth-order valence-corrected chi connectivity index (χ4v) is 5.26. The van der Waals surface area contributed by atoms with Crippen LogP contribution in [0.1, 0.15) is 27.7 Å². The number of benzene rings is 2. The minimum atomic E-state index is -0.655. The molecule has 178 valence electrons. The highest BCUT2D eigenvalue weighted by molar-refractivity contribution is 7.99. The molecule has 2 aromatic carbocycles. The molecule has 0 spiro atoms. The van der Waals surface area contributed by atoms with Crippen LogP contribution in [0.5, 0.6) is 11.5 Å². The van der Waals surface area contributed by atoms with Gasteiger partial charge in [0.2, 0.25) is 5.91 Å². The molecule has 0 aromatic heterocycles. The monoisotopic (exact) mass is 512 g/mol. The standard InChI is InChI=1S/C23H26Cl2N2O5S/c1-30-10-4-9-26-21(28)18-13-33-23(15-6-8-19(31-2)20(12-15)32-3)27(18)22(29)14-5-7-16(24)17(25)11-14/h5-8,11-12,18,23H,4,9-10,13H2,1-3H3,(H,26,28). The van der Waals surface area contributed by atoms with Crippen molar-refractivity contribution >= 4 is 46.8 Å². The molecule has 2 amide bonds. The van der Waals surface area contributed by atoms with E-state index in [9.17, 15) is 9.59 Å². The summed E-state index contributed by atoms with van der Waals surface area (Å²) in [6.07, 6.45) is 0.682. The lowest BCUT2D eigenvalue weighted by molar-refractivity contribution is -0.124. The van der Waals surface area contributed by atoms with Gasteiger partial charge in [-0.1, -0.05) is 29.3 Å². The number of hydrogen-bond donors (Lipinski definition) is 1. The Kier molecular flexibility index (Phi) is 9.14. The third-order valence-electron chi connectivity index (χ3n) is 5.22. The first-order valence-electron chi connectivity index (χ1n) is 10.3. The summed E-state index contributed by atoms with van der Waals surface area (Å²) in [5.41, 5.74) is 1.18. The second kappa shape index (κ2) is 11.8. The number of nitrogens with one attached hydrogen (secondary N) is 1. The summed E-state index contributed by atoms with van der Waals surface area (Å²) in [5.74, 6) is 1.05. The van der Waals surface area contributed by atoms with E-state index in [0.717, 1.165) is 5.56 Å². The predicted octanol–water partition coefficient (Wildman–Crippen LogP) is 4.42. The molecule has 1 aliphatic rings. The van der Waals surface area contributed by atoms with Crippen LogP contribution in [0.15, 0.2) is 36.4 Å². The normalized spacial score (nSPS) is 17.7. The van der Waals surface area contributed by atoms with Crippen LogP contribution in [-0.4, -0.2) is 63.0 Å². The molecular weight excluding hydrogens is 487 g/mol. The number of methoxy groups -OCH3 is 3. The second-order valence-corrected chi connectivity index (χ2v) is 9.22. The maximum atomic E-state index is 13.6. The van der Waals surface area contributed by atoms with Crippen LogP contribution in [0, 0.1) is 0 Å². The Morgan fingerprint density at radius 1 is 1.06 bits per heavy atom. The summed E-state index contributed by atoms with van der Waals surface area (Å²) in [5, 5.41) is 3.14. The van der Waals surface area contributed by atoms with Crippen LogP contribution in [-0.2, 0) is 9.53 Å². The van der Waals surface area contributed by atoms with Crippen molar-refractivity contribution in [3.05, 3.63) is 57.6 Å². The van der Waals surface area contributed by atoms with Crippen molar-refractivity contribution in [2.24, 2.45) is 0 Å². The number of hydrogen-bond acceptors (Lipinski definition) is 6. The highest BCUT2D eigenvalue weighted by Crippen LogP contribution is 2.44. The van der Waals surface area contributed by atoms with Gasteiger partial charge < -0.3 is 24.4 Å². The zero-order chi connectivity index (χ0) is 24.0. The first-order valence-corrected chi connectivity index (χ1v) is 12.1. The van der Waals surface area contributed by atoms with E-state index in [4.69, 9.17) is 37.4 Å². The molecule has 1 fully saturated rings. The SMILES string of the molecule is COCCCNC(=O)C1CSC(c2ccc(OC)c(OC)c2)N1C(=O)c1ccc(Cl)c(Cl)c1. The maximum Gasteiger partial charge on any atom is 0.255 e. The number of rotatable bonds is 9. The molecule has 0 saturated carbocycles. The van der Waals surface area contributed by atoms with Gasteiger partial charge in [-0.05, 0) is 42.3 Å².